The molecule has 1 amide bonds. The van der Waals surface area contributed by atoms with Gasteiger partial charge in [-0.15, -0.1) is 0 Å². The highest BCUT2D eigenvalue weighted by Gasteiger charge is 2.55. The van der Waals surface area contributed by atoms with Gasteiger partial charge < -0.3 is 19.9 Å². The molecule has 1 fully saturated rings. The smallest absolute Gasteiger partial charge is 0.231 e. The van der Waals surface area contributed by atoms with E-state index in [0.717, 1.165) is 11.3 Å². The van der Waals surface area contributed by atoms with Crippen molar-refractivity contribution in [2.24, 2.45) is 0 Å². The lowest BCUT2D eigenvalue weighted by Gasteiger charge is -2.61. The summed E-state index contributed by atoms with van der Waals surface area (Å²) in [6.07, 6.45) is 0.482. The number of fused-ring (bicyclic) bond motifs is 3. The number of rotatable bonds is 5. The maximum atomic E-state index is 13.3. The number of nitrogens with one attached hydrogen (secondary N) is 1. The van der Waals surface area contributed by atoms with Crippen LogP contribution in [0.25, 0.3) is 0 Å². The van der Waals surface area contributed by atoms with Gasteiger partial charge in [0, 0.05) is 29.2 Å². The number of ether oxygens (including phenoxy) is 1. The van der Waals surface area contributed by atoms with Crippen molar-refractivity contribution in [3.63, 3.8) is 0 Å². The summed E-state index contributed by atoms with van der Waals surface area (Å²) in [5.41, 5.74) is 2.31. The summed E-state index contributed by atoms with van der Waals surface area (Å²) in [4.78, 5) is 16.1. The summed E-state index contributed by atoms with van der Waals surface area (Å²) in [5, 5.41) is -5.35. The number of para-hydroxylation sites is 1. The Labute approximate surface area is 221 Å². The summed E-state index contributed by atoms with van der Waals surface area (Å²) in [6.45, 7) is 0.603. The zero-order valence-corrected chi connectivity index (χ0v) is 19.5. The number of carbonyl (C=O) groups is 1. The topological polar surface area (TPSA) is 44.8 Å². The van der Waals surface area contributed by atoms with E-state index in [1.807, 2.05) is 12.1 Å². The van der Waals surface area contributed by atoms with Gasteiger partial charge in [-0.05, 0) is 48.9 Å². The lowest BCUT2D eigenvalue weighted by molar-refractivity contribution is -0.117. The first-order valence-electron chi connectivity index (χ1n) is 11.4. The number of hydrogen-bond donors (Lipinski definition) is 1. The standard InChI is InChI=1S/C22H16B8FN3O2/c23-19(24)18(35)32-15-3-1-2-13-14-10-33(9-8-16(14)34(19)17(13)15)21(27,28)20(25,26)22(29,30)36-12-6-4-11(31)5-7-12/h1-7,14,16H,8-10H2,(H,32,35)/t14-,16-/m0/s1. The minimum atomic E-state index is -2.25. The minimum absolute atomic E-state index is 0.127. The van der Waals surface area contributed by atoms with Crippen LogP contribution in [0.4, 0.5) is 15.8 Å². The summed E-state index contributed by atoms with van der Waals surface area (Å²) in [5.74, 6) is -1.03. The van der Waals surface area contributed by atoms with Crippen LogP contribution < -0.4 is 15.0 Å². The Morgan fingerprint density at radius 2 is 1.69 bits per heavy atom. The molecule has 0 spiro atoms. The van der Waals surface area contributed by atoms with Gasteiger partial charge in [0.05, 0.1) is 42.8 Å². The molecule has 2 aromatic carbocycles. The molecule has 0 bridgehead atoms. The monoisotopic (exact) mass is 461 g/mol. The number of likely N-dealkylation sites (tertiary alicyclic amines) is 1. The summed E-state index contributed by atoms with van der Waals surface area (Å²) in [6, 6.07) is 10.4. The van der Waals surface area contributed by atoms with Gasteiger partial charge >= 0.3 is 0 Å². The third-order valence-corrected chi connectivity index (χ3v) is 7.56. The average molecular weight is 460 g/mol. The average Bonchev–Trinajstić information content (AvgIpc) is 3.15. The van der Waals surface area contributed by atoms with E-state index in [-0.39, 0.29) is 24.3 Å². The van der Waals surface area contributed by atoms with Crippen molar-refractivity contribution in [2.75, 3.05) is 23.3 Å². The van der Waals surface area contributed by atoms with Crippen molar-refractivity contribution >= 4 is 80.1 Å². The van der Waals surface area contributed by atoms with Gasteiger partial charge in [-0.1, -0.05) is 22.7 Å². The fraction of sp³-hybridized carbons (Fsp3) is 0.409. The van der Waals surface area contributed by atoms with Crippen LogP contribution in [-0.4, -0.2) is 109 Å². The summed E-state index contributed by atoms with van der Waals surface area (Å²) >= 11 is 0. The summed E-state index contributed by atoms with van der Waals surface area (Å²) < 4.78 is 18.9. The van der Waals surface area contributed by atoms with Crippen molar-refractivity contribution in [1.29, 1.82) is 0 Å². The SMILES string of the molecule is [B]C1([B])C(=O)Nc2cccc3c2N1[C@H]1CCN(C([B])([B])C([B])([B])C([B])([B])Oc2ccc(F)cc2)C[C@@H]31. The molecule has 5 rings (SSSR count). The molecule has 0 aliphatic carbocycles. The second kappa shape index (κ2) is 8.21. The highest BCUT2D eigenvalue weighted by molar-refractivity contribution is 6.61. The van der Waals surface area contributed by atoms with Gasteiger partial charge in [-0.25, -0.2) is 4.39 Å². The molecule has 162 valence electrons. The molecule has 0 aromatic heterocycles. The van der Waals surface area contributed by atoms with Crippen molar-refractivity contribution in [3.8, 4) is 5.75 Å². The van der Waals surface area contributed by atoms with Crippen molar-refractivity contribution in [2.45, 2.75) is 39.7 Å². The number of piperidine rings is 1. The van der Waals surface area contributed by atoms with Crippen LogP contribution in [0.5, 0.6) is 5.75 Å². The van der Waals surface area contributed by atoms with Crippen molar-refractivity contribution in [1.82, 2.24) is 4.90 Å². The van der Waals surface area contributed by atoms with Crippen LogP contribution in [0.1, 0.15) is 17.9 Å². The molecule has 3 heterocycles. The number of carbonyl (C=O) groups excluding carboxylic acids is 1. The zero-order valence-electron chi connectivity index (χ0n) is 19.5. The number of amides is 1. The van der Waals surface area contributed by atoms with Gasteiger partial charge in [0.2, 0.25) is 5.91 Å². The Hall–Kier alpha value is -2.08. The van der Waals surface area contributed by atoms with Gasteiger partial charge in [0.1, 0.15) is 43.0 Å². The highest BCUT2D eigenvalue weighted by Crippen LogP contribution is 2.54. The number of nitrogens with zero attached hydrogens (tertiary/aromatic N) is 2. The number of anilines is 2. The van der Waals surface area contributed by atoms with Crippen LogP contribution in [-0.2, 0) is 4.79 Å². The molecular formula is C22H16B8FN3O2. The second-order valence-corrected chi connectivity index (χ2v) is 9.84. The van der Waals surface area contributed by atoms with E-state index in [2.05, 4.69) is 5.32 Å². The van der Waals surface area contributed by atoms with E-state index >= 15 is 0 Å². The third-order valence-electron chi connectivity index (χ3n) is 7.56. The molecule has 36 heavy (non-hydrogen) atoms. The first kappa shape index (κ1) is 25.6. The second-order valence-electron chi connectivity index (χ2n) is 9.84. The summed E-state index contributed by atoms with van der Waals surface area (Å²) in [7, 11) is 50.8. The van der Waals surface area contributed by atoms with Gasteiger partial charge in [-0.3, -0.25) is 4.79 Å². The van der Waals surface area contributed by atoms with Crippen LogP contribution in [0.15, 0.2) is 42.5 Å². The fourth-order valence-electron chi connectivity index (χ4n) is 5.43. The third kappa shape index (κ3) is 3.61. The van der Waals surface area contributed by atoms with Crippen LogP contribution in [0.2, 0.25) is 5.21 Å². The van der Waals surface area contributed by atoms with Crippen LogP contribution in [0, 0.1) is 5.82 Å². The van der Waals surface area contributed by atoms with Gasteiger partial charge in [0.25, 0.3) is 0 Å². The van der Waals surface area contributed by atoms with Crippen LogP contribution in [0.3, 0.4) is 0 Å². The predicted molar refractivity (Wildman–Crippen MR) is 144 cm³/mol. The Balaban J connectivity index is 1.44. The number of hydrogen-bond acceptors (Lipinski definition) is 4. The lowest BCUT2D eigenvalue weighted by atomic mass is 9.23. The molecule has 3 aliphatic rings. The molecule has 14 heteroatoms. The van der Waals surface area contributed by atoms with Crippen molar-refractivity contribution in [3.05, 3.63) is 53.8 Å². The normalized spacial score (nSPS) is 23.5. The van der Waals surface area contributed by atoms with E-state index in [4.69, 9.17) is 67.5 Å². The molecule has 3 aliphatic heterocycles. The maximum absolute atomic E-state index is 13.3. The van der Waals surface area contributed by atoms with E-state index in [9.17, 15) is 9.18 Å². The minimum Gasteiger partial charge on any atom is -0.508 e. The van der Waals surface area contributed by atoms with Crippen LogP contribution >= 0.6 is 0 Å². The Morgan fingerprint density at radius 3 is 2.36 bits per heavy atom. The maximum Gasteiger partial charge on any atom is 0.231 e. The Kier molecular flexibility index (Phi) is 5.83. The fourth-order valence-corrected chi connectivity index (χ4v) is 5.43. The number of halogens is 1. The Morgan fingerprint density at radius 1 is 1.03 bits per heavy atom. The van der Waals surface area contributed by atoms with Gasteiger partial charge in [0.15, 0.2) is 0 Å². The molecule has 16 radical (unpaired) electrons. The molecule has 2 atom stereocenters. The Bertz CT molecular complexity index is 1210. The molecule has 2 aromatic rings. The van der Waals surface area contributed by atoms with Gasteiger partial charge in [-0.2, -0.15) is 0 Å². The van der Waals surface area contributed by atoms with E-state index in [0.29, 0.717) is 18.7 Å². The van der Waals surface area contributed by atoms with E-state index in [1.165, 1.54) is 24.3 Å². The number of benzene rings is 2. The highest BCUT2D eigenvalue weighted by atomic mass is 19.1. The first-order chi connectivity index (χ1) is 16.7. The molecule has 0 unspecified atom stereocenters. The predicted octanol–water partition coefficient (Wildman–Crippen LogP) is -0.740. The van der Waals surface area contributed by atoms with Crippen molar-refractivity contribution < 1.29 is 13.9 Å². The lowest BCUT2D eigenvalue weighted by Crippen LogP contribution is -2.71. The first-order valence-corrected chi connectivity index (χ1v) is 11.4. The zero-order chi connectivity index (χ0) is 26.3. The molecule has 5 nitrogen and oxygen atoms in total. The largest absolute Gasteiger partial charge is 0.508 e. The van der Waals surface area contributed by atoms with E-state index < -0.39 is 33.0 Å². The molecule has 0 saturated carbocycles. The molecule has 1 N–H and O–H groups in total. The van der Waals surface area contributed by atoms with E-state index in [1.54, 1.807) is 15.9 Å². The molecule has 1 saturated heterocycles. The quantitative estimate of drug-likeness (QED) is 0.598. The molecular weight excluding hydrogens is 444 g/mol.